The molecule has 0 aromatic rings. The van der Waals surface area contributed by atoms with Crippen LogP contribution in [-0.2, 0) is 4.74 Å². The van der Waals surface area contributed by atoms with Gasteiger partial charge in [-0.1, -0.05) is 34.6 Å². The van der Waals surface area contributed by atoms with Gasteiger partial charge in [0.25, 0.3) is 0 Å². The minimum atomic E-state index is -0.769. The standard InChI is InChI=1S/C15H32O2/c1-12(2,3)10-13(4,5)15(8,9)17-11-14(6,7)16/h16H,10-11H2,1-9H3. The number of hydrogen-bond acceptors (Lipinski definition) is 2. The Morgan fingerprint density at radius 3 is 1.53 bits per heavy atom. The van der Waals surface area contributed by atoms with E-state index in [1.807, 2.05) is 0 Å². The third-order valence-electron chi connectivity index (χ3n) is 3.39. The molecule has 0 aliphatic rings. The van der Waals surface area contributed by atoms with Crippen LogP contribution in [0, 0.1) is 10.8 Å². The average Bonchev–Trinajstić information content (AvgIpc) is 1.94. The first-order valence-electron chi connectivity index (χ1n) is 6.53. The van der Waals surface area contributed by atoms with Gasteiger partial charge in [0, 0.05) is 0 Å². The van der Waals surface area contributed by atoms with Gasteiger partial charge in [0.2, 0.25) is 0 Å². The molecule has 0 aromatic carbocycles. The van der Waals surface area contributed by atoms with E-state index in [1.54, 1.807) is 13.8 Å². The van der Waals surface area contributed by atoms with Crippen molar-refractivity contribution in [2.75, 3.05) is 6.61 Å². The van der Waals surface area contributed by atoms with E-state index in [2.05, 4.69) is 48.5 Å². The first-order valence-corrected chi connectivity index (χ1v) is 6.53. The lowest BCUT2D eigenvalue weighted by Crippen LogP contribution is -2.46. The summed E-state index contributed by atoms with van der Waals surface area (Å²) in [6.07, 6.45) is 1.08. The van der Waals surface area contributed by atoms with Crippen molar-refractivity contribution in [3.05, 3.63) is 0 Å². The van der Waals surface area contributed by atoms with Crippen molar-refractivity contribution in [3.63, 3.8) is 0 Å². The summed E-state index contributed by atoms with van der Waals surface area (Å²) in [6, 6.07) is 0. The van der Waals surface area contributed by atoms with Gasteiger partial charge in [-0.25, -0.2) is 0 Å². The molecule has 0 unspecified atom stereocenters. The fraction of sp³-hybridized carbons (Fsp3) is 1.00. The smallest absolute Gasteiger partial charge is 0.0824 e. The van der Waals surface area contributed by atoms with E-state index in [0.717, 1.165) is 6.42 Å². The third kappa shape index (κ3) is 6.42. The second-order valence-electron chi connectivity index (χ2n) is 8.23. The largest absolute Gasteiger partial charge is 0.388 e. The summed E-state index contributed by atoms with van der Waals surface area (Å²) in [6.45, 7) is 19.4. The Kier molecular flexibility index (Phi) is 4.87. The highest BCUT2D eigenvalue weighted by Gasteiger charge is 2.41. The maximum Gasteiger partial charge on any atom is 0.0824 e. The predicted molar refractivity (Wildman–Crippen MR) is 74.2 cm³/mol. The van der Waals surface area contributed by atoms with E-state index in [9.17, 15) is 5.11 Å². The van der Waals surface area contributed by atoms with Gasteiger partial charge in [-0.2, -0.15) is 0 Å². The van der Waals surface area contributed by atoms with E-state index in [4.69, 9.17) is 4.74 Å². The van der Waals surface area contributed by atoms with E-state index in [1.165, 1.54) is 0 Å². The molecule has 1 N–H and O–H groups in total. The quantitative estimate of drug-likeness (QED) is 0.791. The highest BCUT2D eigenvalue weighted by Crippen LogP contribution is 2.43. The topological polar surface area (TPSA) is 29.5 Å². The fourth-order valence-electron chi connectivity index (χ4n) is 2.09. The molecule has 0 heterocycles. The second-order valence-corrected chi connectivity index (χ2v) is 8.23. The second kappa shape index (κ2) is 4.89. The summed E-state index contributed by atoms with van der Waals surface area (Å²) in [5.41, 5.74) is -0.676. The zero-order valence-corrected chi connectivity index (χ0v) is 13.3. The Morgan fingerprint density at radius 2 is 1.24 bits per heavy atom. The van der Waals surface area contributed by atoms with E-state index in [-0.39, 0.29) is 16.4 Å². The van der Waals surface area contributed by atoms with Gasteiger partial charge in [0.1, 0.15) is 0 Å². The fourth-order valence-corrected chi connectivity index (χ4v) is 2.09. The van der Waals surface area contributed by atoms with Gasteiger partial charge in [-0.05, 0) is 44.9 Å². The van der Waals surface area contributed by atoms with Gasteiger partial charge in [0.15, 0.2) is 0 Å². The summed E-state index contributed by atoms with van der Waals surface area (Å²) in [4.78, 5) is 0. The molecule has 0 fully saturated rings. The molecule has 0 radical (unpaired) electrons. The van der Waals surface area contributed by atoms with Crippen LogP contribution in [-0.4, -0.2) is 22.9 Å². The minimum Gasteiger partial charge on any atom is -0.388 e. The van der Waals surface area contributed by atoms with Crippen LogP contribution in [0.4, 0.5) is 0 Å². The molecule has 0 spiro atoms. The Bertz CT molecular complexity index is 239. The molecule has 0 saturated heterocycles. The molecular weight excluding hydrogens is 212 g/mol. The van der Waals surface area contributed by atoms with Crippen molar-refractivity contribution >= 4 is 0 Å². The number of aliphatic hydroxyl groups is 1. The lowest BCUT2D eigenvalue weighted by Gasteiger charge is -2.45. The molecule has 17 heavy (non-hydrogen) atoms. The molecule has 2 nitrogen and oxygen atoms in total. The van der Waals surface area contributed by atoms with Crippen molar-refractivity contribution in [3.8, 4) is 0 Å². The summed E-state index contributed by atoms with van der Waals surface area (Å²) < 4.78 is 5.95. The molecule has 0 aliphatic heterocycles. The van der Waals surface area contributed by atoms with Gasteiger partial charge in [-0.15, -0.1) is 0 Å². The molecule has 0 amide bonds. The zero-order chi connectivity index (χ0) is 14.1. The SMILES string of the molecule is CC(C)(C)CC(C)(C)C(C)(C)OCC(C)(C)O. The van der Waals surface area contributed by atoms with Crippen molar-refractivity contribution < 1.29 is 9.84 Å². The van der Waals surface area contributed by atoms with Crippen LogP contribution in [0.2, 0.25) is 0 Å². The lowest BCUT2D eigenvalue weighted by atomic mass is 9.67. The first-order chi connectivity index (χ1) is 7.16. The van der Waals surface area contributed by atoms with Crippen LogP contribution in [0.3, 0.4) is 0 Å². The maximum atomic E-state index is 9.75. The Labute approximate surface area is 108 Å². The molecular formula is C15H32O2. The number of ether oxygens (including phenoxy) is 1. The van der Waals surface area contributed by atoms with E-state index in [0.29, 0.717) is 6.61 Å². The molecule has 0 aromatic heterocycles. The monoisotopic (exact) mass is 244 g/mol. The predicted octanol–water partition coefficient (Wildman–Crippen LogP) is 4.01. The van der Waals surface area contributed by atoms with E-state index >= 15 is 0 Å². The molecule has 104 valence electrons. The first kappa shape index (κ1) is 16.9. The normalized spacial score (nSPS) is 15.2. The van der Waals surface area contributed by atoms with Crippen LogP contribution < -0.4 is 0 Å². The van der Waals surface area contributed by atoms with Crippen molar-refractivity contribution in [2.45, 2.75) is 79.9 Å². The molecule has 0 aliphatic carbocycles. The highest BCUT2D eigenvalue weighted by atomic mass is 16.5. The number of rotatable bonds is 5. The minimum absolute atomic E-state index is 0.0660. The summed E-state index contributed by atoms with van der Waals surface area (Å²) in [5, 5.41) is 9.75. The van der Waals surface area contributed by atoms with Crippen molar-refractivity contribution in [1.29, 1.82) is 0 Å². The summed E-state index contributed by atoms with van der Waals surface area (Å²) >= 11 is 0. The van der Waals surface area contributed by atoms with Crippen molar-refractivity contribution in [1.82, 2.24) is 0 Å². The molecule has 0 atom stereocenters. The van der Waals surface area contributed by atoms with Gasteiger partial charge in [-0.3, -0.25) is 0 Å². The lowest BCUT2D eigenvalue weighted by molar-refractivity contribution is -0.148. The average molecular weight is 244 g/mol. The molecule has 2 heteroatoms. The zero-order valence-electron chi connectivity index (χ0n) is 13.3. The summed E-state index contributed by atoms with van der Waals surface area (Å²) in [5.74, 6) is 0. The summed E-state index contributed by atoms with van der Waals surface area (Å²) in [7, 11) is 0. The third-order valence-corrected chi connectivity index (χ3v) is 3.39. The van der Waals surface area contributed by atoms with Crippen LogP contribution in [0.5, 0.6) is 0 Å². The molecule has 0 rings (SSSR count). The Morgan fingerprint density at radius 1 is 0.824 bits per heavy atom. The highest BCUT2D eigenvalue weighted by molar-refractivity contribution is 4.91. The van der Waals surface area contributed by atoms with Gasteiger partial charge >= 0.3 is 0 Å². The van der Waals surface area contributed by atoms with Crippen LogP contribution in [0.1, 0.15) is 68.7 Å². The van der Waals surface area contributed by atoms with Crippen LogP contribution in [0.25, 0.3) is 0 Å². The molecule has 0 bridgehead atoms. The van der Waals surface area contributed by atoms with Gasteiger partial charge < -0.3 is 9.84 Å². The maximum absolute atomic E-state index is 9.75. The Balaban J connectivity index is 4.67. The Hall–Kier alpha value is -0.0800. The van der Waals surface area contributed by atoms with Crippen LogP contribution >= 0.6 is 0 Å². The van der Waals surface area contributed by atoms with Gasteiger partial charge in [0.05, 0.1) is 17.8 Å². The number of hydrogen-bond donors (Lipinski definition) is 1. The molecule has 0 saturated carbocycles. The van der Waals surface area contributed by atoms with Crippen molar-refractivity contribution in [2.24, 2.45) is 10.8 Å². The van der Waals surface area contributed by atoms with Crippen LogP contribution in [0.15, 0.2) is 0 Å². The van der Waals surface area contributed by atoms with E-state index < -0.39 is 5.60 Å².